The molecule has 2 aromatic rings. The fraction of sp³-hybridized carbons (Fsp3) is 0.375. The van der Waals surface area contributed by atoms with Gasteiger partial charge in [-0.15, -0.1) is 0 Å². The summed E-state index contributed by atoms with van der Waals surface area (Å²) < 4.78 is 12.8. The van der Waals surface area contributed by atoms with Gasteiger partial charge in [-0.05, 0) is 39.0 Å². The topological polar surface area (TPSA) is 73.6 Å². The van der Waals surface area contributed by atoms with Crippen molar-refractivity contribution >= 4 is 5.97 Å². The Kier molecular flexibility index (Phi) is 4.70. The largest absolute Gasteiger partial charge is 0.493 e. The van der Waals surface area contributed by atoms with Crippen molar-refractivity contribution in [2.24, 2.45) is 0 Å². The first kappa shape index (κ1) is 15.9. The number of carboxylic acids is 1. The minimum absolute atomic E-state index is 0.138. The third-order valence-electron chi connectivity index (χ3n) is 3.25. The maximum Gasteiger partial charge on any atom is 0.335 e. The summed E-state index contributed by atoms with van der Waals surface area (Å²) in [4.78, 5) is 11.4. The molecule has 0 saturated carbocycles. The van der Waals surface area contributed by atoms with Gasteiger partial charge in [0, 0.05) is 17.8 Å². The van der Waals surface area contributed by atoms with Crippen LogP contribution in [0.5, 0.6) is 11.5 Å². The summed E-state index contributed by atoms with van der Waals surface area (Å²) in [6.07, 6.45) is 1.69. The molecular weight excluding hydrogens is 284 g/mol. The Hall–Kier alpha value is -2.50. The maximum atomic E-state index is 11.4. The second kappa shape index (κ2) is 6.51. The molecule has 1 aromatic carbocycles. The van der Waals surface area contributed by atoms with E-state index in [1.807, 2.05) is 31.5 Å². The van der Waals surface area contributed by atoms with Gasteiger partial charge in [0.1, 0.15) is 0 Å². The summed E-state index contributed by atoms with van der Waals surface area (Å²) in [5.74, 6) is -0.0936. The van der Waals surface area contributed by atoms with Crippen molar-refractivity contribution in [3.05, 3.63) is 30.0 Å². The lowest BCUT2D eigenvalue weighted by Gasteiger charge is -2.17. The van der Waals surface area contributed by atoms with Crippen LogP contribution in [0, 0.1) is 0 Å². The second-order valence-electron chi connectivity index (χ2n) is 5.05. The van der Waals surface area contributed by atoms with Gasteiger partial charge in [0.05, 0.1) is 25.0 Å². The van der Waals surface area contributed by atoms with E-state index in [0.717, 1.165) is 5.69 Å². The quantitative estimate of drug-likeness (QED) is 0.887. The normalized spacial score (nSPS) is 10.8. The smallest absolute Gasteiger partial charge is 0.335 e. The van der Waals surface area contributed by atoms with Crippen LogP contribution in [0.1, 0.15) is 37.2 Å². The average Bonchev–Trinajstić information content (AvgIpc) is 2.96. The van der Waals surface area contributed by atoms with Crippen molar-refractivity contribution in [3.8, 4) is 22.8 Å². The number of hydrogen-bond donors (Lipinski definition) is 1. The van der Waals surface area contributed by atoms with Gasteiger partial charge in [-0.1, -0.05) is 0 Å². The Labute approximate surface area is 129 Å². The first-order valence-electron chi connectivity index (χ1n) is 7.11. The molecule has 2 rings (SSSR count). The third kappa shape index (κ3) is 2.90. The standard InChI is InChI=1S/C16H20N2O4/c1-5-22-15-12(13-6-7-17-18(13)10(2)3)8-11(16(19)20)9-14(15)21-4/h6-10H,5H2,1-4H3,(H,19,20). The van der Waals surface area contributed by atoms with Crippen molar-refractivity contribution in [2.75, 3.05) is 13.7 Å². The van der Waals surface area contributed by atoms with E-state index >= 15 is 0 Å². The number of aromatic nitrogens is 2. The molecule has 0 spiro atoms. The van der Waals surface area contributed by atoms with Crippen LogP contribution in [0.3, 0.4) is 0 Å². The molecule has 0 unspecified atom stereocenters. The van der Waals surface area contributed by atoms with Crippen LogP contribution >= 0.6 is 0 Å². The molecule has 0 aliphatic rings. The van der Waals surface area contributed by atoms with E-state index in [0.29, 0.717) is 23.7 Å². The van der Waals surface area contributed by atoms with Gasteiger partial charge in [-0.25, -0.2) is 4.79 Å². The number of nitrogens with zero attached hydrogens (tertiary/aromatic N) is 2. The molecule has 6 nitrogen and oxygen atoms in total. The van der Waals surface area contributed by atoms with E-state index < -0.39 is 5.97 Å². The Balaban J connectivity index is 2.73. The van der Waals surface area contributed by atoms with Gasteiger partial charge in [0.25, 0.3) is 0 Å². The number of carboxylic acid groups (broad SMARTS) is 1. The van der Waals surface area contributed by atoms with E-state index in [1.165, 1.54) is 13.2 Å². The Bertz CT molecular complexity index is 677. The highest BCUT2D eigenvalue weighted by atomic mass is 16.5. The molecule has 0 saturated heterocycles. The zero-order valence-electron chi connectivity index (χ0n) is 13.2. The van der Waals surface area contributed by atoms with E-state index in [1.54, 1.807) is 12.3 Å². The highest BCUT2D eigenvalue weighted by Gasteiger charge is 2.20. The first-order chi connectivity index (χ1) is 10.5. The van der Waals surface area contributed by atoms with E-state index in [-0.39, 0.29) is 11.6 Å². The molecular formula is C16H20N2O4. The second-order valence-corrected chi connectivity index (χ2v) is 5.05. The summed E-state index contributed by atoms with van der Waals surface area (Å²) in [5, 5.41) is 13.6. The highest BCUT2D eigenvalue weighted by molar-refractivity contribution is 5.91. The van der Waals surface area contributed by atoms with Crippen LogP contribution in [0.15, 0.2) is 24.4 Å². The fourth-order valence-electron chi connectivity index (χ4n) is 2.30. The number of ether oxygens (including phenoxy) is 2. The lowest BCUT2D eigenvalue weighted by molar-refractivity contribution is 0.0696. The van der Waals surface area contributed by atoms with Crippen LogP contribution in [-0.4, -0.2) is 34.6 Å². The summed E-state index contributed by atoms with van der Waals surface area (Å²) in [6, 6.07) is 5.03. The maximum absolute atomic E-state index is 11.4. The molecule has 0 amide bonds. The Morgan fingerprint density at radius 2 is 2.14 bits per heavy atom. The van der Waals surface area contributed by atoms with Crippen LogP contribution in [0.25, 0.3) is 11.3 Å². The van der Waals surface area contributed by atoms with Crippen molar-refractivity contribution in [1.82, 2.24) is 9.78 Å². The SMILES string of the molecule is CCOc1c(OC)cc(C(=O)O)cc1-c1ccnn1C(C)C. The summed E-state index contributed by atoms with van der Waals surface area (Å²) in [5.41, 5.74) is 1.59. The molecule has 0 aliphatic carbocycles. The molecule has 6 heteroatoms. The zero-order chi connectivity index (χ0) is 16.3. The van der Waals surface area contributed by atoms with Gasteiger partial charge < -0.3 is 14.6 Å². The van der Waals surface area contributed by atoms with Gasteiger partial charge in [-0.2, -0.15) is 5.10 Å². The van der Waals surface area contributed by atoms with Gasteiger partial charge in [0.15, 0.2) is 11.5 Å². The molecule has 1 N–H and O–H groups in total. The number of hydrogen-bond acceptors (Lipinski definition) is 4. The van der Waals surface area contributed by atoms with Crippen LogP contribution in [0.4, 0.5) is 0 Å². The summed E-state index contributed by atoms with van der Waals surface area (Å²) in [7, 11) is 1.49. The molecule has 0 radical (unpaired) electrons. The summed E-state index contributed by atoms with van der Waals surface area (Å²) in [6.45, 7) is 6.34. The predicted octanol–water partition coefficient (Wildman–Crippen LogP) is 3.24. The first-order valence-corrected chi connectivity index (χ1v) is 7.11. The third-order valence-corrected chi connectivity index (χ3v) is 3.25. The number of benzene rings is 1. The van der Waals surface area contributed by atoms with E-state index in [2.05, 4.69) is 5.10 Å². The van der Waals surface area contributed by atoms with Gasteiger partial charge in [0.2, 0.25) is 0 Å². The molecule has 0 bridgehead atoms. The molecule has 0 fully saturated rings. The lowest BCUT2D eigenvalue weighted by atomic mass is 10.0. The van der Waals surface area contributed by atoms with Crippen molar-refractivity contribution < 1.29 is 19.4 Å². The van der Waals surface area contributed by atoms with Crippen LogP contribution in [0.2, 0.25) is 0 Å². The Morgan fingerprint density at radius 3 is 2.68 bits per heavy atom. The minimum Gasteiger partial charge on any atom is -0.493 e. The number of carbonyl (C=O) groups is 1. The Morgan fingerprint density at radius 1 is 1.41 bits per heavy atom. The minimum atomic E-state index is -1.02. The fourth-order valence-corrected chi connectivity index (χ4v) is 2.30. The number of rotatable bonds is 6. The number of methoxy groups -OCH3 is 1. The van der Waals surface area contributed by atoms with Crippen LogP contribution in [-0.2, 0) is 0 Å². The molecule has 1 heterocycles. The number of aromatic carboxylic acids is 1. The van der Waals surface area contributed by atoms with Gasteiger partial charge >= 0.3 is 5.97 Å². The monoisotopic (exact) mass is 304 g/mol. The van der Waals surface area contributed by atoms with E-state index in [4.69, 9.17) is 9.47 Å². The van der Waals surface area contributed by atoms with Crippen molar-refractivity contribution in [2.45, 2.75) is 26.8 Å². The molecule has 0 aliphatic heterocycles. The van der Waals surface area contributed by atoms with Crippen molar-refractivity contribution in [3.63, 3.8) is 0 Å². The molecule has 0 atom stereocenters. The van der Waals surface area contributed by atoms with Crippen molar-refractivity contribution in [1.29, 1.82) is 0 Å². The van der Waals surface area contributed by atoms with E-state index in [9.17, 15) is 9.90 Å². The highest BCUT2D eigenvalue weighted by Crippen LogP contribution is 2.40. The molecule has 22 heavy (non-hydrogen) atoms. The van der Waals surface area contributed by atoms with Crippen LogP contribution < -0.4 is 9.47 Å². The van der Waals surface area contributed by atoms with Gasteiger partial charge in [-0.3, -0.25) is 4.68 Å². The summed E-state index contributed by atoms with van der Waals surface area (Å²) >= 11 is 0. The average molecular weight is 304 g/mol. The predicted molar refractivity (Wildman–Crippen MR) is 82.7 cm³/mol. The molecule has 118 valence electrons. The lowest BCUT2D eigenvalue weighted by Crippen LogP contribution is -2.07. The molecule has 1 aromatic heterocycles. The zero-order valence-corrected chi connectivity index (χ0v) is 13.2.